The van der Waals surface area contributed by atoms with Gasteiger partial charge in [0.1, 0.15) is 0 Å². The van der Waals surface area contributed by atoms with Crippen molar-refractivity contribution < 1.29 is 14.6 Å². The molecule has 0 unspecified atom stereocenters. The van der Waals surface area contributed by atoms with E-state index in [-0.39, 0.29) is 5.92 Å². The van der Waals surface area contributed by atoms with Crippen LogP contribution in [0.5, 0.6) is 0 Å². The van der Waals surface area contributed by atoms with E-state index in [0.29, 0.717) is 0 Å². The van der Waals surface area contributed by atoms with Gasteiger partial charge in [0, 0.05) is 0 Å². The Hall–Kier alpha value is 0. The third-order valence-corrected chi connectivity index (χ3v) is 2.21. The fraction of sp³-hybridized carbons (Fsp3) is 0.800. The van der Waals surface area contributed by atoms with E-state index in [1.54, 1.807) is 13.8 Å². The van der Waals surface area contributed by atoms with Gasteiger partial charge in [0.2, 0.25) is 5.91 Å². The summed E-state index contributed by atoms with van der Waals surface area (Å²) in [6, 6.07) is -0.786. The molecule has 0 bridgehead atoms. The molecule has 0 aliphatic heterocycles. The molecule has 7 heteroatoms. The average molecular weight is 212 g/mol. The molecule has 5 N–H and O–H groups in total. The first-order valence-corrected chi connectivity index (χ1v) is 6.07. The van der Waals surface area contributed by atoms with Gasteiger partial charge in [0.05, 0.1) is 6.04 Å². The first-order valence-electron chi connectivity index (χ1n) is 3.36. The van der Waals surface area contributed by atoms with E-state index in [0.717, 1.165) is 0 Å². The van der Waals surface area contributed by atoms with E-state index in [1.165, 1.54) is 0 Å². The Balaban J connectivity index is 4.35. The van der Waals surface area contributed by atoms with Crippen molar-refractivity contribution in [3.8, 4) is 0 Å². The van der Waals surface area contributed by atoms with Gasteiger partial charge in [-0.05, 0) is 17.7 Å². The standard InChI is InChI=1S/C5H13N2O3PS/c1-3(2)4(5(6)8)7-11(9,10)12/h3-4H,1-2H3,(H2,6,8)(H3,7,9,10,12)/t4-/m0/s1. The first kappa shape index (κ1) is 12.0. The molecule has 1 atom stereocenters. The maximum Gasteiger partial charge on any atom is 0.256 e. The molecule has 0 aliphatic carbocycles. The molecule has 72 valence electrons. The zero-order chi connectivity index (χ0) is 9.94. The molecule has 0 saturated heterocycles. The van der Waals surface area contributed by atoms with Crippen molar-refractivity contribution >= 4 is 24.4 Å². The smallest absolute Gasteiger partial charge is 0.256 e. The van der Waals surface area contributed by atoms with Gasteiger partial charge in [-0.15, -0.1) is 0 Å². The summed E-state index contributed by atoms with van der Waals surface area (Å²) in [5.41, 5.74) is 4.99. The van der Waals surface area contributed by atoms with Gasteiger partial charge in [0.15, 0.2) is 0 Å². The van der Waals surface area contributed by atoms with Crippen LogP contribution in [0.4, 0.5) is 0 Å². The molecule has 0 fully saturated rings. The Kier molecular flexibility index (Phi) is 4.30. The second-order valence-electron chi connectivity index (χ2n) is 2.80. The minimum Gasteiger partial charge on any atom is -0.368 e. The summed E-state index contributed by atoms with van der Waals surface area (Å²) in [6.07, 6.45) is 0. The molecule has 0 heterocycles. The number of nitrogens with two attached hydrogens (primary N) is 1. The monoisotopic (exact) mass is 212 g/mol. The van der Waals surface area contributed by atoms with Crippen LogP contribution in [-0.2, 0) is 16.6 Å². The van der Waals surface area contributed by atoms with Crippen LogP contribution in [-0.4, -0.2) is 21.7 Å². The molecule has 0 saturated carbocycles. The molecule has 0 spiro atoms. The molecule has 0 aliphatic rings. The van der Waals surface area contributed by atoms with Crippen molar-refractivity contribution in [2.75, 3.05) is 0 Å². The van der Waals surface area contributed by atoms with Crippen molar-refractivity contribution in [2.24, 2.45) is 11.7 Å². The van der Waals surface area contributed by atoms with Gasteiger partial charge >= 0.3 is 0 Å². The fourth-order valence-electron chi connectivity index (χ4n) is 0.722. The highest BCUT2D eigenvalue weighted by Crippen LogP contribution is 2.30. The first-order chi connectivity index (χ1) is 5.24. The van der Waals surface area contributed by atoms with Gasteiger partial charge < -0.3 is 15.5 Å². The van der Waals surface area contributed by atoms with Crippen LogP contribution >= 0.6 is 6.64 Å². The molecule has 5 nitrogen and oxygen atoms in total. The SMILES string of the molecule is CC(C)[C@H](NP(O)(O)=S)C(N)=O. The fourth-order valence-corrected chi connectivity index (χ4v) is 1.85. The van der Waals surface area contributed by atoms with Crippen LogP contribution in [0.2, 0.25) is 0 Å². The maximum absolute atomic E-state index is 10.7. The summed E-state index contributed by atoms with van der Waals surface area (Å²) in [4.78, 5) is 28.4. The van der Waals surface area contributed by atoms with E-state index < -0.39 is 18.6 Å². The zero-order valence-electron chi connectivity index (χ0n) is 6.89. The molecule has 0 aromatic rings. The number of carbonyl (C=O) groups is 1. The lowest BCUT2D eigenvalue weighted by molar-refractivity contribution is -0.120. The van der Waals surface area contributed by atoms with E-state index >= 15 is 0 Å². The van der Waals surface area contributed by atoms with Crippen LogP contribution in [0.15, 0.2) is 0 Å². The lowest BCUT2D eigenvalue weighted by Gasteiger charge is -2.21. The van der Waals surface area contributed by atoms with Gasteiger partial charge in [0.25, 0.3) is 6.64 Å². The number of hydrogen-bond donors (Lipinski definition) is 4. The van der Waals surface area contributed by atoms with Crippen molar-refractivity contribution in [3.63, 3.8) is 0 Å². The molecule has 1 amide bonds. The molecule has 0 aromatic heterocycles. The van der Waals surface area contributed by atoms with Gasteiger partial charge in [-0.25, -0.2) is 5.09 Å². The maximum atomic E-state index is 10.7. The average Bonchev–Trinajstić information content (AvgIpc) is 1.79. The predicted octanol–water partition coefficient (Wildman–Crippen LogP) is -0.705. The minimum atomic E-state index is -3.55. The Labute approximate surface area is 76.2 Å². The Bertz CT molecular complexity index is 215. The summed E-state index contributed by atoms with van der Waals surface area (Å²) in [6.45, 7) is -0.0879. The topological polar surface area (TPSA) is 95.6 Å². The minimum absolute atomic E-state index is 0.121. The van der Waals surface area contributed by atoms with Gasteiger partial charge in [-0.1, -0.05) is 13.8 Å². The summed E-state index contributed by atoms with van der Waals surface area (Å²) >= 11 is 4.30. The highest BCUT2D eigenvalue weighted by atomic mass is 32.5. The Morgan fingerprint density at radius 1 is 1.58 bits per heavy atom. The highest BCUT2D eigenvalue weighted by Gasteiger charge is 2.24. The van der Waals surface area contributed by atoms with E-state index in [1.807, 2.05) is 0 Å². The number of hydrogen-bond acceptors (Lipinski definition) is 2. The largest absolute Gasteiger partial charge is 0.368 e. The van der Waals surface area contributed by atoms with Crippen LogP contribution in [0.25, 0.3) is 0 Å². The van der Waals surface area contributed by atoms with E-state index in [2.05, 4.69) is 16.9 Å². The molecular weight excluding hydrogens is 199 g/mol. The predicted molar refractivity (Wildman–Crippen MR) is 49.7 cm³/mol. The normalized spacial score (nSPS) is 14.8. The molecule has 0 aromatic carbocycles. The van der Waals surface area contributed by atoms with Crippen molar-refractivity contribution in [1.82, 2.24) is 5.09 Å². The van der Waals surface area contributed by atoms with Gasteiger partial charge in [-0.3, -0.25) is 4.79 Å². The molecule has 12 heavy (non-hydrogen) atoms. The van der Waals surface area contributed by atoms with E-state index in [4.69, 9.17) is 15.5 Å². The summed E-state index contributed by atoms with van der Waals surface area (Å²) in [7, 11) is 0. The number of nitrogens with one attached hydrogen (secondary N) is 1. The molecular formula is C5H13N2O3PS. The quantitative estimate of drug-likeness (QED) is 0.462. The van der Waals surface area contributed by atoms with Crippen LogP contribution < -0.4 is 10.8 Å². The zero-order valence-corrected chi connectivity index (χ0v) is 8.60. The summed E-state index contributed by atoms with van der Waals surface area (Å²) < 4.78 is 0. The Morgan fingerprint density at radius 3 is 2.08 bits per heavy atom. The lowest BCUT2D eigenvalue weighted by atomic mass is 10.1. The third kappa shape index (κ3) is 4.79. The number of carbonyl (C=O) groups excluding carboxylic acids is 1. The van der Waals surface area contributed by atoms with Crippen LogP contribution in [0.3, 0.4) is 0 Å². The number of rotatable bonds is 4. The Morgan fingerprint density at radius 2 is 2.00 bits per heavy atom. The van der Waals surface area contributed by atoms with E-state index in [9.17, 15) is 4.79 Å². The van der Waals surface area contributed by atoms with Crippen molar-refractivity contribution in [3.05, 3.63) is 0 Å². The van der Waals surface area contributed by atoms with Crippen LogP contribution in [0.1, 0.15) is 13.8 Å². The second kappa shape index (κ2) is 4.30. The molecule has 0 rings (SSSR count). The number of primary amides is 1. The molecule has 0 radical (unpaired) electrons. The van der Waals surface area contributed by atoms with Crippen molar-refractivity contribution in [1.29, 1.82) is 0 Å². The third-order valence-electron chi connectivity index (χ3n) is 1.28. The van der Waals surface area contributed by atoms with Crippen molar-refractivity contribution in [2.45, 2.75) is 19.9 Å². The summed E-state index contributed by atoms with van der Waals surface area (Å²) in [5, 5.41) is 2.22. The second-order valence-corrected chi connectivity index (χ2v) is 5.67. The lowest BCUT2D eigenvalue weighted by Crippen LogP contribution is -2.43. The summed E-state index contributed by atoms with van der Waals surface area (Å²) in [5.74, 6) is -0.758. The highest BCUT2D eigenvalue weighted by molar-refractivity contribution is 8.08. The van der Waals surface area contributed by atoms with Crippen LogP contribution in [0, 0.1) is 5.92 Å². The number of amides is 1. The van der Waals surface area contributed by atoms with Gasteiger partial charge in [-0.2, -0.15) is 0 Å².